The molecular formula is C9H18ClN2OP. The van der Waals surface area contributed by atoms with E-state index >= 15 is 0 Å². The first-order valence-corrected chi connectivity index (χ1v) is 5.53. The molecule has 0 saturated carbocycles. The molecule has 14 heavy (non-hydrogen) atoms. The van der Waals surface area contributed by atoms with Gasteiger partial charge in [-0.3, -0.25) is 4.90 Å². The Morgan fingerprint density at radius 2 is 1.71 bits per heavy atom. The van der Waals surface area contributed by atoms with Crippen LogP contribution in [0.4, 0.5) is 0 Å². The van der Waals surface area contributed by atoms with Crippen molar-refractivity contribution in [2.75, 3.05) is 0 Å². The lowest BCUT2D eigenvalue weighted by Gasteiger charge is -2.37. The van der Waals surface area contributed by atoms with E-state index in [0.29, 0.717) is 0 Å². The van der Waals surface area contributed by atoms with Gasteiger partial charge in [0.2, 0.25) is 0 Å². The summed E-state index contributed by atoms with van der Waals surface area (Å²) in [5.41, 5.74) is 0. The Kier molecular flexibility index (Phi) is 6.64. The number of hydrogen-bond acceptors (Lipinski definition) is 3. The Morgan fingerprint density at radius 1 is 1.29 bits per heavy atom. The van der Waals surface area contributed by atoms with Crippen LogP contribution in [0.3, 0.4) is 0 Å². The second-order valence-corrected chi connectivity index (χ2v) is 4.43. The number of rotatable bonds is 5. The van der Waals surface area contributed by atoms with Crippen molar-refractivity contribution < 1.29 is 4.52 Å². The predicted molar refractivity (Wildman–Crippen MR) is 61.9 cm³/mol. The molecule has 0 bridgehead atoms. The molecule has 3 unspecified atom stereocenters. The largest absolute Gasteiger partial charge is 0.344 e. The molecule has 0 saturated heterocycles. The number of nitriles is 1. The van der Waals surface area contributed by atoms with Crippen molar-refractivity contribution >= 4 is 21.1 Å². The van der Waals surface area contributed by atoms with Gasteiger partial charge >= 0.3 is 0 Å². The maximum Gasteiger partial charge on any atom is 0.160 e. The zero-order valence-electron chi connectivity index (χ0n) is 9.07. The van der Waals surface area contributed by atoms with Gasteiger partial charge in [0.25, 0.3) is 0 Å². The van der Waals surface area contributed by atoms with Crippen molar-refractivity contribution in [3.63, 3.8) is 0 Å². The van der Waals surface area contributed by atoms with Crippen LogP contribution in [0.15, 0.2) is 0 Å². The van der Waals surface area contributed by atoms with Crippen molar-refractivity contribution in [2.45, 2.75) is 51.4 Å². The van der Waals surface area contributed by atoms with E-state index < -0.39 is 5.38 Å². The highest BCUT2D eigenvalue weighted by Gasteiger charge is 2.29. The zero-order valence-corrected chi connectivity index (χ0v) is 11.0. The Hall–Kier alpha value is 0.130. The van der Waals surface area contributed by atoms with Gasteiger partial charge in [0.05, 0.1) is 6.07 Å². The Labute approximate surface area is 93.6 Å². The second kappa shape index (κ2) is 6.58. The molecule has 82 valence electrons. The lowest BCUT2D eigenvalue weighted by Crippen LogP contribution is -2.49. The maximum absolute atomic E-state index is 8.75. The van der Waals surface area contributed by atoms with Gasteiger partial charge in [-0.1, -0.05) is 0 Å². The van der Waals surface area contributed by atoms with Crippen molar-refractivity contribution in [2.24, 2.45) is 0 Å². The summed E-state index contributed by atoms with van der Waals surface area (Å²) in [5.74, 6) is 0. The summed E-state index contributed by atoms with van der Waals surface area (Å²) in [5, 5.41) is 8.10. The average molecular weight is 237 g/mol. The molecule has 0 aromatic rings. The van der Waals surface area contributed by atoms with Crippen LogP contribution < -0.4 is 0 Å². The van der Waals surface area contributed by atoms with E-state index in [9.17, 15) is 0 Å². The van der Waals surface area contributed by atoms with E-state index in [1.807, 2.05) is 6.07 Å². The Bertz CT molecular complexity index is 197. The van der Waals surface area contributed by atoms with E-state index in [-0.39, 0.29) is 18.3 Å². The third kappa shape index (κ3) is 3.71. The minimum atomic E-state index is -0.655. The van der Waals surface area contributed by atoms with E-state index in [2.05, 4.69) is 42.1 Å². The van der Waals surface area contributed by atoms with E-state index in [4.69, 9.17) is 21.4 Å². The van der Waals surface area contributed by atoms with Crippen LogP contribution in [-0.4, -0.2) is 28.6 Å². The van der Waals surface area contributed by atoms with E-state index in [0.717, 1.165) is 0 Å². The standard InChI is InChI=1S/C9H18ClN2OP/c1-6(2)12(7(3)4)9(13-14)8(10)5-11/h6-9H,14H2,1-4H3. The molecule has 0 aliphatic rings. The van der Waals surface area contributed by atoms with Gasteiger partial charge in [-0.15, -0.1) is 11.6 Å². The van der Waals surface area contributed by atoms with E-state index in [1.54, 1.807) is 0 Å². The topological polar surface area (TPSA) is 36.3 Å². The molecule has 3 nitrogen and oxygen atoms in total. The average Bonchev–Trinajstić information content (AvgIpc) is 2.11. The van der Waals surface area contributed by atoms with E-state index in [1.165, 1.54) is 0 Å². The first kappa shape index (κ1) is 14.1. The minimum absolute atomic E-state index is 0.287. The first-order valence-electron chi connectivity index (χ1n) is 4.62. The highest BCUT2D eigenvalue weighted by Crippen LogP contribution is 2.20. The normalized spacial score (nSPS) is 16.0. The van der Waals surface area contributed by atoms with Crippen LogP contribution >= 0.6 is 21.1 Å². The highest BCUT2D eigenvalue weighted by molar-refractivity contribution is 7.09. The molecule has 0 N–H and O–H groups in total. The number of nitrogens with zero attached hydrogens (tertiary/aromatic N) is 2. The summed E-state index contributed by atoms with van der Waals surface area (Å²) in [6.45, 7) is 8.21. The predicted octanol–water partition coefficient (Wildman–Crippen LogP) is 2.37. The van der Waals surface area contributed by atoms with Gasteiger partial charge in [0.1, 0.15) is 6.23 Å². The van der Waals surface area contributed by atoms with Crippen molar-refractivity contribution in [3.8, 4) is 6.07 Å². The number of halogens is 1. The second-order valence-electron chi connectivity index (χ2n) is 3.69. The summed E-state index contributed by atoms with van der Waals surface area (Å²) in [6, 6.07) is 2.57. The molecule has 0 amide bonds. The van der Waals surface area contributed by atoms with Crippen LogP contribution in [0, 0.1) is 11.3 Å². The fraction of sp³-hybridized carbons (Fsp3) is 0.889. The van der Waals surface area contributed by atoms with Gasteiger partial charge in [0.15, 0.2) is 5.38 Å². The lowest BCUT2D eigenvalue weighted by atomic mass is 10.2. The summed E-state index contributed by atoms with van der Waals surface area (Å²) in [4.78, 5) is 2.06. The number of hydrogen-bond donors (Lipinski definition) is 0. The van der Waals surface area contributed by atoms with Crippen LogP contribution in [0.25, 0.3) is 0 Å². The third-order valence-electron chi connectivity index (χ3n) is 2.00. The number of alkyl halides is 1. The van der Waals surface area contributed by atoms with Gasteiger partial charge in [-0.05, 0) is 27.7 Å². The minimum Gasteiger partial charge on any atom is -0.344 e. The summed E-state index contributed by atoms with van der Waals surface area (Å²) in [6.07, 6.45) is -0.383. The lowest BCUT2D eigenvalue weighted by molar-refractivity contribution is -0.00127. The summed E-state index contributed by atoms with van der Waals surface area (Å²) in [7, 11) is 2.17. The molecule has 0 spiro atoms. The fourth-order valence-electron chi connectivity index (χ4n) is 1.54. The Balaban J connectivity index is 4.69. The van der Waals surface area contributed by atoms with Crippen LogP contribution in [0.1, 0.15) is 27.7 Å². The molecule has 0 aliphatic carbocycles. The molecule has 0 fully saturated rings. The highest BCUT2D eigenvalue weighted by atomic mass is 35.5. The fourth-order valence-corrected chi connectivity index (χ4v) is 2.12. The summed E-state index contributed by atoms with van der Waals surface area (Å²) >= 11 is 5.87. The molecule has 0 aromatic carbocycles. The quantitative estimate of drug-likeness (QED) is 0.418. The Morgan fingerprint density at radius 3 is 1.93 bits per heavy atom. The molecule has 0 rings (SSSR count). The smallest absolute Gasteiger partial charge is 0.160 e. The van der Waals surface area contributed by atoms with Crippen LogP contribution in [-0.2, 0) is 4.52 Å². The maximum atomic E-state index is 8.75. The molecule has 3 atom stereocenters. The van der Waals surface area contributed by atoms with Gasteiger partial charge in [-0.2, -0.15) is 5.26 Å². The van der Waals surface area contributed by atoms with Crippen LogP contribution in [0.2, 0.25) is 0 Å². The van der Waals surface area contributed by atoms with Crippen LogP contribution in [0.5, 0.6) is 0 Å². The zero-order chi connectivity index (χ0) is 11.3. The SMILES string of the molecule is CC(C)N(C(C)C)C(OP)C(Cl)C#N. The van der Waals surface area contributed by atoms with Gasteiger partial charge in [0, 0.05) is 21.6 Å². The van der Waals surface area contributed by atoms with Gasteiger partial charge < -0.3 is 4.52 Å². The monoisotopic (exact) mass is 236 g/mol. The summed E-state index contributed by atoms with van der Waals surface area (Å²) < 4.78 is 5.18. The van der Waals surface area contributed by atoms with Crippen molar-refractivity contribution in [1.29, 1.82) is 5.26 Å². The molecule has 0 radical (unpaired) electrons. The molecule has 0 aromatic heterocycles. The molecule has 0 aliphatic heterocycles. The molecular weight excluding hydrogens is 219 g/mol. The van der Waals surface area contributed by atoms with Gasteiger partial charge in [-0.25, -0.2) is 0 Å². The van der Waals surface area contributed by atoms with Crippen molar-refractivity contribution in [1.82, 2.24) is 4.90 Å². The van der Waals surface area contributed by atoms with Crippen molar-refractivity contribution in [3.05, 3.63) is 0 Å². The third-order valence-corrected chi connectivity index (χ3v) is 2.59. The first-order chi connectivity index (χ1) is 6.45. The molecule has 5 heteroatoms. The molecule has 0 heterocycles.